The molecule has 2 fully saturated rings. The number of hydrogen-bond acceptors (Lipinski definition) is 3. The highest BCUT2D eigenvalue weighted by Crippen LogP contribution is 2.17. The SMILES string of the molecule is CC1CC(NCC(=O)NC2CCCCCC2)CCN1C. The van der Waals surface area contributed by atoms with Gasteiger partial charge in [0.2, 0.25) is 5.91 Å². The van der Waals surface area contributed by atoms with Gasteiger partial charge in [-0.2, -0.15) is 0 Å². The monoisotopic (exact) mass is 281 g/mol. The average molecular weight is 281 g/mol. The van der Waals surface area contributed by atoms with E-state index in [1.165, 1.54) is 25.7 Å². The van der Waals surface area contributed by atoms with Crippen LogP contribution in [0.3, 0.4) is 0 Å². The second-order valence-corrected chi connectivity index (χ2v) is 6.69. The Labute approximate surface area is 123 Å². The molecule has 2 unspecified atom stereocenters. The molecule has 20 heavy (non-hydrogen) atoms. The second kappa shape index (κ2) is 7.99. The lowest BCUT2D eigenvalue weighted by atomic mass is 9.99. The van der Waals surface area contributed by atoms with Gasteiger partial charge in [0.25, 0.3) is 0 Å². The van der Waals surface area contributed by atoms with Gasteiger partial charge >= 0.3 is 0 Å². The minimum atomic E-state index is 0.184. The van der Waals surface area contributed by atoms with Crippen LogP contribution >= 0.6 is 0 Å². The summed E-state index contributed by atoms with van der Waals surface area (Å²) in [4.78, 5) is 14.4. The maximum absolute atomic E-state index is 12.0. The molecule has 1 saturated carbocycles. The summed E-state index contributed by atoms with van der Waals surface area (Å²) >= 11 is 0. The van der Waals surface area contributed by atoms with Crippen LogP contribution in [0.2, 0.25) is 0 Å². The quantitative estimate of drug-likeness (QED) is 0.774. The lowest BCUT2D eigenvalue weighted by Gasteiger charge is -2.35. The van der Waals surface area contributed by atoms with Gasteiger partial charge in [0, 0.05) is 18.1 Å². The van der Waals surface area contributed by atoms with E-state index < -0.39 is 0 Å². The zero-order valence-corrected chi connectivity index (χ0v) is 13.2. The van der Waals surface area contributed by atoms with Crippen molar-refractivity contribution >= 4 is 5.91 Å². The summed E-state index contributed by atoms with van der Waals surface area (Å²) in [6.45, 7) is 3.88. The first kappa shape index (κ1) is 15.8. The molecule has 0 radical (unpaired) electrons. The van der Waals surface area contributed by atoms with Crippen molar-refractivity contribution < 1.29 is 4.79 Å². The highest BCUT2D eigenvalue weighted by Gasteiger charge is 2.23. The normalized spacial score (nSPS) is 29.9. The fraction of sp³-hybridized carbons (Fsp3) is 0.938. The zero-order valence-electron chi connectivity index (χ0n) is 13.2. The standard InChI is InChI=1S/C16H31N3O/c1-13-11-15(9-10-19(13)2)17-12-16(20)18-14-7-5-3-4-6-8-14/h13-15,17H,3-12H2,1-2H3,(H,18,20). The third-order valence-electron chi connectivity index (χ3n) is 4.98. The summed E-state index contributed by atoms with van der Waals surface area (Å²) in [5.41, 5.74) is 0. The zero-order chi connectivity index (χ0) is 14.4. The van der Waals surface area contributed by atoms with Crippen LogP contribution in [0.25, 0.3) is 0 Å². The first-order valence-corrected chi connectivity index (χ1v) is 8.38. The number of nitrogens with one attached hydrogen (secondary N) is 2. The van der Waals surface area contributed by atoms with E-state index in [9.17, 15) is 4.79 Å². The molecule has 0 spiro atoms. The summed E-state index contributed by atoms with van der Waals surface area (Å²) < 4.78 is 0. The number of carbonyl (C=O) groups is 1. The molecule has 1 aliphatic carbocycles. The number of rotatable bonds is 4. The summed E-state index contributed by atoms with van der Waals surface area (Å²) in [7, 11) is 2.18. The van der Waals surface area contributed by atoms with Crippen LogP contribution in [0, 0.1) is 0 Å². The Morgan fingerprint density at radius 1 is 1.10 bits per heavy atom. The van der Waals surface area contributed by atoms with E-state index in [0.29, 0.717) is 24.7 Å². The van der Waals surface area contributed by atoms with Gasteiger partial charge in [-0.3, -0.25) is 4.79 Å². The van der Waals surface area contributed by atoms with E-state index in [4.69, 9.17) is 0 Å². The number of piperidine rings is 1. The van der Waals surface area contributed by atoms with Gasteiger partial charge in [0.15, 0.2) is 0 Å². The number of likely N-dealkylation sites (tertiary alicyclic amines) is 1. The van der Waals surface area contributed by atoms with Crippen molar-refractivity contribution in [2.75, 3.05) is 20.1 Å². The van der Waals surface area contributed by atoms with Crippen molar-refractivity contribution in [2.45, 2.75) is 76.4 Å². The molecule has 1 saturated heterocycles. The maximum Gasteiger partial charge on any atom is 0.234 e. The van der Waals surface area contributed by atoms with Crippen LogP contribution in [-0.4, -0.2) is 49.1 Å². The van der Waals surface area contributed by atoms with Gasteiger partial charge in [-0.15, -0.1) is 0 Å². The predicted octanol–water partition coefficient (Wildman–Crippen LogP) is 1.90. The van der Waals surface area contributed by atoms with Crippen molar-refractivity contribution in [3.05, 3.63) is 0 Å². The Morgan fingerprint density at radius 2 is 1.80 bits per heavy atom. The third kappa shape index (κ3) is 5.06. The van der Waals surface area contributed by atoms with Crippen LogP contribution in [-0.2, 0) is 4.79 Å². The molecule has 2 aliphatic rings. The number of carbonyl (C=O) groups excluding carboxylic acids is 1. The van der Waals surface area contributed by atoms with Crippen LogP contribution < -0.4 is 10.6 Å². The molecular formula is C16H31N3O. The highest BCUT2D eigenvalue weighted by atomic mass is 16.1. The Hall–Kier alpha value is -0.610. The van der Waals surface area contributed by atoms with E-state index >= 15 is 0 Å². The fourth-order valence-electron chi connectivity index (χ4n) is 3.41. The molecule has 1 aliphatic heterocycles. The molecule has 4 nitrogen and oxygen atoms in total. The molecule has 0 aromatic carbocycles. The van der Waals surface area contributed by atoms with E-state index in [1.54, 1.807) is 0 Å². The average Bonchev–Trinajstić information content (AvgIpc) is 2.69. The van der Waals surface area contributed by atoms with E-state index in [-0.39, 0.29) is 5.91 Å². The van der Waals surface area contributed by atoms with Gasteiger partial charge in [-0.1, -0.05) is 25.7 Å². The van der Waals surface area contributed by atoms with Crippen molar-refractivity contribution in [2.24, 2.45) is 0 Å². The Balaban J connectivity index is 1.64. The Bertz CT molecular complexity index is 300. The molecule has 116 valence electrons. The van der Waals surface area contributed by atoms with Gasteiger partial charge in [-0.05, 0) is 46.2 Å². The highest BCUT2D eigenvalue weighted by molar-refractivity contribution is 5.78. The molecule has 0 aromatic rings. The molecule has 2 rings (SSSR count). The van der Waals surface area contributed by atoms with Gasteiger partial charge in [-0.25, -0.2) is 0 Å². The third-order valence-corrected chi connectivity index (χ3v) is 4.98. The van der Waals surface area contributed by atoms with Crippen LogP contribution in [0.5, 0.6) is 0 Å². The van der Waals surface area contributed by atoms with Crippen molar-refractivity contribution in [3.63, 3.8) is 0 Å². The smallest absolute Gasteiger partial charge is 0.234 e. The van der Waals surface area contributed by atoms with Crippen molar-refractivity contribution in [1.82, 2.24) is 15.5 Å². The van der Waals surface area contributed by atoms with Crippen LogP contribution in [0.1, 0.15) is 58.3 Å². The molecular weight excluding hydrogens is 250 g/mol. The van der Waals surface area contributed by atoms with Crippen LogP contribution in [0.15, 0.2) is 0 Å². The Kier molecular flexibility index (Phi) is 6.30. The number of hydrogen-bond donors (Lipinski definition) is 2. The summed E-state index contributed by atoms with van der Waals surface area (Å²) in [5, 5.41) is 6.65. The summed E-state index contributed by atoms with van der Waals surface area (Å²) in [5.74, 6) is 0.184. The van der Waals surface area contributed by atoms with Crippen LogP contribution in [0.4, 0.5) is 0 Å². The van der Waals surface area contributed by atoms with Gasteiger partial charge in [0.05, 0.1) is 6.54 Å². The van der Waals surface area contributed by atoms with Gasteiger partial charge in [0.1, 0.15) is 0 Å². The molecule has 1 amide bonds. The van der Waals surface area contributed by atoms with E-state index in [2.05, 4.69) is 29.5 Å². The summed E-state index contributed by atoms with van der Waals surface area (Å²) in [6, 6.07) is 1.54. The molecule has 4 heteroatoms. The van der Waals surface area contributed by atoms with Crippen molar-refractivity contribution in [3.8, 4) is 0 Å². The molecule has 2 atom stereocenters. The van der Waals surface area contributed by atoms with E-state index in [1.807, 2.05) is 0 Å². The fourth-order valence-corrected chi connectivity index (χ4v) is 3.41. The van der Waals surface area contributed by atoms with Crippen molar-refractivity contribution in [1.29, 1.82) is 0 Å². The molecule has 0 aromatic heterocycles. The summed E-state index contributed by atoms with van der Waals surface area (Å²) in [6.07, 6.45) is 9.82. The predicted molar refractivity (Wildman–Crippen MR) is 82.7 cm³/mol. The maximum atomic E-state index is 12.0. The molecule has 2 N–H and O–H groups in total. The topological polar surface area (TPSA) is 44.4 Å². The lowest BCUT2D eigenvalue weighted by Crippen LogP contribution is -2.49. The largest absolute Gasteiger partial charge is 0.352 e. The number of amides is 1. The Morgan fingerprint density at radius 3 is 2.45 bits per heavy atom. The van der Waals surface area contributed by atoms with Gasteiger partial charge < -0.3 is 15.5 Å². The molecule has 1 heterocycles. The van der Waals surface area contributed by atoms with E-state index in [0.717, 1.165) is 32.2 Å². The first-order valence-electron chi connectivity index (χ1n) is 8.38. The lowest BCUT2D eigenvalue weighted by molar-refractivity contribution is -0.121. The number of nitrogens with zero attached hydrogens (tertiary/aromatic N) is 1. The second-order valence-electron chi connectivity index (χ2n) is 6.69. The minimum absolute atomic E-state index is 0.184. The minimum Gasteiger partial charge on any atom is -0.352 e. The molecule has 0 bridgehead atoms. The first-order chi connectivity index (χ1) is 9.65.